The molecular formula is C30H51ClN2O6. The summed E-state index contributed by atoms with van der Waals surface area (Å²) in [6, 6.07) is 5.39. The third kappa shape index (κ3) is 9.78. The number of halogens is 1. The number of methoxy groups -OCH3 is 2. The highest BCUT2D eigenvalue weighted by Gasteiger charge is 2.44. The molecule has 0 saturated heterocycles. The predicted octanol–water partition coefficient (Wildman–Crippen LogP) is 4.56. The van der Waals surface area contributed by atoms with Crippen LogP contribution in [0.4, 0.5) is 0 Å². The van der Waals surface area contributed by atoms with E-state index >= 15 is 0 Å². The van der Waals surface area contributed by atoms with Crippen molar-refractivity contribution < 1.29 is 29.2 Å². The van der Waals surface area contributed by atoms with Gasteiger partial charge in [0, 0.05) is 38.0 Å². The Morgan fingerprint density at radius 1 is 1.18 bits per heavy atom. The SMILES string of the molecule is COCCCOc1cc(C[C@@H](C[C@H](N)[C@@H](O)CN(Cl)C(=O)C(C)(C)[C@@H]2CCCC[C@H]2O)C(C)C)ccc1OC. The maximum absolute atomic E-state index is 13.2. The van der Waals surface area contributed by atoms with E-state index in [4.69, 9.17) is 31.7 Å². The lowest BCUT2D eigenvalue weighted by molar-refractivity contribution is -0.143. The van der Waals surface area contributed by atoms with Gasteiger partial charge in [0.2, 0.25) is 5.91 Å². The zero-order chi connectivity index (χ0) is 29.2. The van der Waals surface area contributed by atoms with Gasteiger partial charge in [-0.25, -0.2) is 0 Å². The van der Waals surface area contributed by atoms with Crippen LogP contribution in [0.1, 0.15) is 71.8 Å². The summed E-state index contributed by atoms with van der Waals surface area (Å²) in [6.45, 7) is 9.03. The molecule has 0 aromatic heterocycles. The van der Waals surface area contributed by atoms with Crippen molar-refractivity contribution in [1.82, 2.24) is 4.42 Å². The van der Waals surface area contributed by atoms with Gasteiger partial charge >= 0.3 is 0 Å². The molecule has 8 nitrogen and oxygen atoms in total. The average Bonchev–Trinajstić information content (AvgIpc) is 2.90. The van der Waals surface area contributed by atoms with Gasteiger partial charge in [0.05, 0.1) is 37.9 Å². The summed E-state index contributed by atoms with van der Waals surface area (Å²) >= 11 is 6.41. The van der Waals surface area contributed by atoms with E-state index in [2.05, 4.69) is 13.8 Å². The standard InChI is InChI=1S/C30H51ClN2O6/c1-20(2)22(16-21-12-13-27(38-6)28(17-21)39-15-9-14-37-5)18-24(32)26(35)19-33(31)29(36)30(3,4)23-10-7-8-11-25(23)34/h12-13,17,20,22-26,34-35H,7-11,14-16,18-19,32H2,1-6H3/t22-,23+,24-,25+,26-/m0/s1. The van der Waals surface area contributed by atoms with Crippen LogP contribution < -0.4 is 15.2 Å². The summed E-state index contributed by atoms with van der Waals surface area (Å²) in [7, 11) is 3.29. The first kappa shape index (κ1) is 33.6. The molecule has 1 fully saturated rings. The quantitative estimate of drug-likeness (QED) is 0.197. The van der Waals surface area contributed by atoms with Crippen molar-refractivity contribution in [3.8, 4) is 11.5 Å². The minimum atomic E-state index is -0.977. The van der Waals surface area contributed by atoms with Gasteiger partial charge in [-0.2, -0.15) is 0 Å². The van der Waals surface area contributed by atoms with Gasteiger partial charge < -0.3 is 30.2 Å². The van der Waals surface area contributed by atoms with Crippen LogP contribution in [-0.2, 0) is 16.0 Å². The summed E-state index contributed by atoms with van der Waals surface area (Å²) in [5.41, 5.74) is 6.73. The van der Waals surface area contributed by atoms with E-state index in [0.717, 1.165) is 42.1 Å². The lowest BCUT2D eigenvalue weighted by Gasteiger charge is -2.40. The highest BCUT2D eigenvalue weighted by molar-refractivity contribution is 6.22. The van der Waals surface area contributed by atoms with E-state index in [1.54, 1.807) is 14.2 Å². The first-order valence-electron chi connectivity index (χ1n) is 14.3. The van der Waals surface area contributed by atoms with E-state index in [1.807, 2.05) is 32.0 Å². The predicted molar refractivity (Wildman–Crippen MR) is 155 cm³/mol. The third-order valence-corrected chi connectivity index (χ3v) is 8.56. The number of hydrogen-bond donors (Lipinski definition) is 3. The molecule has 2 rings (SSSR count). The zero-order valence-electron chi connectivity index (χ0n) is 24.7. The largest absolute Gasteiger partial charge is 0.493 e. The van der Waals surface area contributed by atoms with Gasteiger partial charge in [-0.3, -0.25) is 9.21 Å². The highest BCUT2D eigenvalue weighted by atomic mass is 35.5. The molecule has 0 spiro atoms. The molecule has 0 bridgehead atoms. The fraction of sp³-hybridized carbons (Fsp3) is 0.767. The summed E-state index contributed by atoms with van der Waals surface area (Å²) in [5.74, 6) is 1.43. The monoisotopic (exact) mass is 570 g/mol. The Morgan fingerprint density at radius 3 is 2.49 bits per heavy atom. The minimum absolute atomic E-state index is 0.0688. The molecule has 1 aromatic carbocycles. The Morgan fingerprint density at radius 2 is 1.87 bits per heavy atom. The number of amides is 1. The first-order chi connectivity index (χ1) is 18.4. The topological polar surface area (TPSA) is 114 Å². The number of rotatable bonds is 16. The Bertz CT molecular complexity index is 883. The lowest BCUT2D eigenvalue weighted by Crippen LogP contribution is -2.50. The van der Waals surface area contributed by atoms with Crippen LogP contribution in [0.25, 0.3) is 0 Å². The van der Waals surface area contributed by atoms with Gasteiger partial charge in [0.25, 0.3) is 0 Å². The number of ether oxygens (including phenoxy) is 3. The fourth-order valence-electron chi connectivity index (χ4n) is 5.55. The molecule has 5 atom stereocenters. The molecule has 1 aromatic rings. The second-order valence-corrected chi connectivity index (χ2v) is 12.3. The van der Waals surface area contributed by atoms with Crippen molar-refractivity contribution in [3.63, 3.8) is 0 Å². The van der Waals surface area contributed by atoms with Crippen LogP contribution in [0.15, 0.2) is 18.2 Å². The Kier molecular flexibility index (Phi) is 13.8. The third-order valence-electron chi connectivity index (χ3n) is 8.26. The molecule has 39 heavy (non-hydrogen) atoms. The van der Waals surface area contributed by atoms with E-state index in [9.17, 15) is 15.0 Å². The Balaban J connectivity index is 2.01. The number of carbonyl (C=O) groups excluding carboxylic acids is 1. The van der Waals surface area contributed by atoms with Crippen molar-refractivity contribution >= 4 is 17.7 Å². The number of aliphatic hydroxyl groups excluding tert-OH is 2. The van der Waals surface area contributed by atoms with Gasteiger partial charge in [-0.05, 0) is 61.1 Å². The van der Waals surface area contributed by atoms with E-state index < -0.39 is 23.7 Å². The van der Waals surface area contributed by atoms with Gasteiger partial charge in [-0.15, -0.1) is 0 Å². The second-order valence-electron chi connectivity index (χ2n) is 11.9. The summed E-state index contributed by atoms with van der Waals surface area (Å²) in [4.78, 5) is 13.2. The number of carbonyl (C=O) groups is 1. The number of aliphatic hydroxyl groups is 2. The molecule has 224 valence electrons. The number of hydrogen-bond acceptors (Lipinski definition) is 7. The minimum Gasteiger partial charge on any atom is -0.493 e. The molecule has 0 heterocycles. The molecule has 1 aliphatic carbocycles. The maximum atomic E-state index is 13.2. The van der Waals surface area contributed by atoms with Crippen LogP contribution in [0.5, 0.6) is 11.5 Å². The van der Waals surface area contributed by atoms with Crippen molar-refractivity contribution in [2.24, 2.45) is 28.9 Å². The van der Waals surface area contributed by atoms with E-state index in [0.29, 0.717) is 43.5 Å². The van der Waals surface area contributed by atoms with Gasteiger partial charge in [-0.1, -0.05) is 46.6 Å². The van der Waals surface area contributed by atoms with Crippen molar-refractivity contribution in [3.05, 3.63) is 23.8 Å². The second kappa shape index (κ2) is 16.0. The van der Waals surface area contributed by atoms with Crippen LogP contribution in [0.3, 0.4) is 0 Å². The first-order valence-corrected chi connectivity index (χ1v) is 14.6. The maximum Gasteiger partial charge on any atom is 0.243 e. The molecule has 0 radical (unpaired) electrons. The lowest BCUT2D eigenvalue weighted by atomic mass is 9.69. The smallest absolute Gasteiger partial charge is 0.243 e. The molecule has 4 N–H and O–H groups in total. The van der Waals surface area contributed by atoms with Gasteiger partial charge in [0.15, 0.2) is 11.5 Å². The molecule has 1 saturated carbocycles. The molecule has 9 heteroatoms. The Hall–Kier alpha value is -1.58. The average molecular weight is 571 g/mol. The van der Waals surface area contributed by atoms with E-state index in [1.165, 1.54) is 0 Å². The van der Waals surface area contributed by atoms with E-state index in [-0.39, 0.29) is 24.3 Å². The molecule has 1 aliphatic rings. The molecule has 0 aliphatic heterocycles. The van der Waals surface area contributed by atoms with Crippen LogP contribution >= 0.6 is 11.8 Å². The normalized spacial score (nSPS) is 20.4. The highest BCUT2D eigenvalue weighted by Crippen LogP contribution is 2.40. The van der Waals surface area contributed by atoms with Crippen molar-refractivity contribution in [1.29, 1.82) is 0 Å². The molecule has 0 unspecified atom stereocenters. The summed E-state index contributed by atoms with van der Waals surface area (Å²) in [6.07, 6.45) is 4.05. The number of nitrogens with zero attached hydrogens (tertiary/aromatic N) is 1. The molecule has 1 amide bonds. The number of nitrogens with two attached hydrogens (primary N) is 1. The fourth-order valence-corrected chi connectivity index (χ4v) is 5.91. The summed E-state index contributed by atoms with van der Waals surface area (Å²) < 4.78 is 17.6. The van der Waals surface area contributed by atoms with Crippen LogP contribution in [0.2, 0.25) is 0 Å². The Labute approximate surface area is 240 Å². The van der Waals surface area contributed by atoms with Crippen molar-refractivity contribution in [2.45, 2.75) is 90.9 Å². The van der Waals surface area contributed by atoms with Crippen molar-refractivity contribution in [2.75, 3.05) is 34.0 Å². The summed E-state index contributed by atoms with van der Waals surface area (Å²) in [5, 5.41) is 21.4. The molecular weight excluding hydrogens is 520 g/mol. The van der Waals surface area contributed by atoms with Crippen LogP contribution in [0, 0.1) is 23.2 Å². The number of benzene rings is 1. The van der Waals surface area contributed by atoms with Gasteiger partial charge in [0.1, 0.15) is 0 Å². The van der Waals surface area contributed by atoms with Crippen LogP contribution in [-0.4, -0.2) is 72.8 Å². The zero-order valence-corrected chi connectivity index (χ0v) is 25.5.